The van der Waals surface area contributed by atoms with Crippen LogP contribution in [0, 0.1) is 11.3 Å². The summed E-state index contributed by atoms with van der Waals surface area (Å²) >= 11 is 1.49. The van der Waals surface area contributed by atoms with Crippen LogP contribution in [0.4, 0.5) is 10.7 Å². The lowest BCUT2D eigenvalue weighted by molar-refractivity contribution is 0.805. The van der Waals surface area contributed by atoms with Crippen molar-refractivity contribution in [1.29, 1.82) is 5.26 Å². The Morgan fingerprint density at radius 3 is 2.71 bits per heavy atom. The average molecular weight is 297 g/mol. The van der Waals surface area contributed by atoms with Crippen molar-refractivity contribution in [3.63, 3.8) is 0 Å². The standard InChI is InChI=1S/C17H19N3S/c1-11(12-5-3-2-4-6-12)10-20-17-15(13-7-8-13)16(19)14(9-18)21-17/h2-6,11,13,20H,7-8,10,19H2,1H3. The molecule has 21 heavy (non-hydrogen) atoms. The van der Waals surface area contributed by atoms with Gasteiger partial charge in [-0.15, -0.1) is 11.3 Å². The number of thiophene rings is 1. The van der Waals surface area contributed by atoms with Crippen molar-refractivity contribution in [2.45, 2.75) is 31.6 Å². The molecule has 0 spiro atoms. The quantitative estimate of drug-likeness (QED) is 0.865. The molecule has 0 saturated heterocycles. The Labute approximate surface area is 129 Å². The number of anilines is 2. The molecule has 0 amide bonds. The van der Waals surface area contributed by atoms with Crippen LogP contribution in [0.25, 0.3) is 0 Å². The molecule has 108 valence electrons. The largest absolute Gasteiger partial charge is 0.397 e. The molecule has 3 N–H and O–H groups in total. The van der Waals surface area contributed by atoms with Gasteiger partial charge in [-0.3, -0.25) is 0 Å². The fraction of sp³-hybridized carbons (Fsp3) is 0.353. The first-order chi connectivity index (χ1) is 10.2. The highest BCUT2D eigenvalue weighted by Gasteiger charge is 2.31. The first-order valence-electron chi connectivity index (χ1n) is 7.31. The maximum Gasteiger partial charge on any atom is 0.130 e. The summed E-state index contributed by atoms with van der Waals surface area (Å²) in [5.41, 5.74) is 9.32. The summed E-state index contributed by atoms with van der Waals surface area (Å²) in [5.74, 6) is 0.977. The van der Waals surface area contributed by atoms with Gasteiger partial charge < -0.3 is 11.1 Å². The molecule has 1 unspecified atom stereocenters. The van der Waals surface area contributed by atoms with Crippen LogP contribution < -0.4 is 11.1 Å². The van der Waals surface area contributed by atoms with E-state index < -0.39 is 0 Å². The molecule has 1 saturated carbocycles. The van der Waals surface area contributed by atoms with Gasteiger partial charge >= 0.3 is 0 Å². The van der Waals surface area contributed by atoms with E-state index in [1.54, 1.807) is 0 Å². The van der Waals surface area contributed by atoms with Gasteiger partial charge in [0.1, 0.15) is 10.9 Å². The second-order valence-corrected chi connectivity index (χ2v) is 6.69. The van der Waals surface area contributed by atoms with Crippen LogP contribution in [0.5, 0.6) is 0 Å². The minimum atomic E-state index is 0.423. The Hall–Kier alpha value is -1.99. The summed E-state index contributed by atoms with van der Waals surface area (Å²) in [7, 11) is 0. The summed E-state index contributed by atoms with van der Waals surface area (Å²) in [6, 6.07) is 12.7. The number of nitriles is 1. The summed E-state index contributed by atoms with van der Waals surface area (Å²) in [4.78, 5) is 0.645. The molecule has 1 aliphatic rings. The molecule has 2 aromatic rings. The zero-order valence-corrected chi connectivity index (χ0v) is 12.9. The summed E-state index contributed by atoms with van der Waals surface area (Å²) in [6.45, 7) is 3.07. The Morgan fingerprint density at radius 2 is 2.10 bits per heavy atom. The Kier molecular flexibility index (Phi) is 3.85. The number of rotatable bonds is 5. The van der Waals surface area contributed by atoms with Crippen molar-refractivity contribution < 1.29 is 0 Å². The van der Waals surface area contributed by atoms with Gasteiger partial charge in [0, 0.05) is 12.1 Å². The maximum atomic E-state index is 9.17. The highest BCUT2D eigenvalue weighted by molar-refractivity contribution is 7.17. The summed E-state index contributed by atoms with van der Waals surface area (Å²) in [6.07, 6.45) is 2.38. The number of nitrogens with one attached hydrogen (secondary N) is 1. The topological polar surface area (TPSA) is 61.8 Å². The van der Waals surface area contributed by atoms with Crippen molar-refractivity contribution in [3.05, 3.63) is 46.3 Å². The third-order valence-electron chi connectivity index (χ3n) is 4.01. The molecule has 0 aliphatic heterocycles. The molecule has 3 nitrogen and oxygen atoms in total. The Bertz CT molecular complexity index is 665. The predicted octanol–water partition coefficient (Wildman–Crippen LogP) is 4.29. The third kappa shape index (κ3) is 2.88. The molecular weight excluding hydrogens is 278 g/mol. The number of nitrogens with zero attached hydrogens (tertiary/aromatic N) is 1. The second kappa shape index (κ2) is 5.79. The van der Waals surface area contributed by atoms with Gasteiger partial charge in [-0.05, 0) is 30.2 Å². The number of benzene rings is 1. The van der Waals surface area contributed by atoms with Crippen molar-refractivity contribution in [3.8, 4) is 6.07 Å². The molecule has 0 radical (unpaired) electrons. The monoisotopic (exact) mass is 297 g/mol. The van der Waals surface area contributed by atoms with Crippen LogP contribution in [0.3, 0.4) is 0 Å². The van der Waals surface area contributed by atoms with Gasteiger partial charge in [0.05, 0.1) is 10.7 Å². The van der Waals surface area contributed by atoms with Gasteiger partial charge in [0.2, 0.25) is 0 Å². The van der Waals surface area contributed by atoms with E-state index in [-0.39, 0.29) is 0 Å². The molecule has 4 heteroatoms. The molecule has 1 atom stereocenters. The molecule has 3 rings (SSSR count). The first-order valence-corrected chi connectivity index (χ1v) is 8.13. The van der Waals surface area contributed by atoms with Crippen molar-refractivity contribution in [2.24, 2.45) is 0 Å². The molecule has 1 aromatic carbocycles. The van der Waals surface area contributed by atoms with Gasteiger partial charge in [-0.1, -0.05) is 37.3 Å². The summed E-state index contributed by atoms with van der Waals surface area (Å²) < 4.78 is 0. The van der Waals surface area contributed by atoms with Crippen LogP contribution in [0.1, 0.15) is 47.6 Å². The lowest BCUT2D eigenvalue weighted by Gasteiger charge is -2.14. The fourth-order valence-electron chi connectivity index (χ4n) is 2.59. The van der Waals surface area contributed by atoms with E-state index in [0.29, 0.717) is 22.4 Å². The lowest BCUT2D eigenvalue weighted by Crippen LogP contribution is -2.10. The number of hydrogen-bond acceptors (Lipinski definition) is 4. The number of hydrogen-bond donors (Lipinski definition) is 2. The molecular formula is C17H19N3S. The van der Waals surface area contributed by atoms with Gasteiger partial charge in [0.15, 0.2) is 0 Å². The van der Waals surface area contributed by atoms with Crippen molar-refractivity contribution >= 4 is 22.0 Å². The highest BCUT2D eigenvalue weighted by atomic mass is 32.1. The number of nitrogens with two attached hydrogens (primary N) is 1. The van der Waals surface area contributed by atoms with E-state index in [4.69, 9.17) is 11.0 Å². The highest BCUT2D eigenvalue weighted by Crippen LogP contribution is 2.50. The van der Waals surface area contributed by atoms with E-state index in [9.17, 15) is 0 Å². The Balaban J connectivity index is 1.75. The minimum absolute atomic E-state index is 0.423. The minimum Gasteiger partial charge on any atom is -0.397 e. The van der Waals surface area contributed by atoms with E-state index in [2.05, 4.69) is 42.6 Å². The first kappa shape index (κ1) is 14.0. The smallest absolute Gasteiger partial charge is 0.130 e. The van der Waals surface area contributed by atoms with Crippen LogP contribution in [-0.2, 0) is 0 Å². The predicted molar refractivity (Wildman–Crippen MR) is 88.8 cm³/mol. The van der Waals surface area contributed by atoms with Gasteiger partial charge in [-0.25, -0.2) is 0 Å². The van der Waals surface area contributed by atoms with E-state index >= 15 is 0 Å². The SMILES string of the molecule is CC(CNc1sc(C#N)c(N)c1C1CC1)c1ccccc1. The molecule has 1 heterocycles. The van der Waals surface area contributed by atoms with Gasteiger partial charge in [0.25, 0.3) is 0 Å². The van der Waals surface area contributed by atoms with E-state index in [1.807, 2.05) is 6.07 Å². The van der Waals surface area contributed by atoms with Crippen LogP contribution in [0.2, 0.25) is 0 Å². The van der Waals surface area contributed by atoms with Crippen LogP contribution >= 0.6 is 11.3 Å². The fourth-order valence-corrected chi connectivity index (χ4v) is 3.61. The van der Waals surface area contributed by atoms with Crippen LogP contribution in [0.15, 0.2) is 30.3 Å². The molecule has 1 aliphatic carbocycles. The maximum absolute atomic E-state index is 9.17. The van der Waals surface area contributed by atoms with E-state index in [1.165, 1.54) is 35.3 Å². The normalized spacial score (nSPS) is 15.4. The summed E-state index contributed by atoms with van der Waals surface area (Å²) in [5, 5.41) is 13.8. The van der Waals surface area contributed by atoms with Crippen molar-refractivity contribution in [2.75, 3.05) is 17.6 Å². The van der Waals surface area contributed by atoms with E-state index in [0.717, 1.165) is 11.5 Å². The lowest BCUT2D eigenvalue weighted by atomic mass is 10.0. The van der Waals surface area contributed by atoms with Crippen molar-refractivity contribution in [1.82, 2.24) is 0 Å². The zero-order valence-electron chi connectivity index (χ0n) is 12.1. The molecule has 1 aromatic heterocycles. The Morgan fingerprint density at radius 1 is 1.38 bits per heavy atom. The second-order valence-electron chi connectivity index (χ2n) is 5.67. The van der Waals surface area contributed by atoms with Crippen LogP contribution in [-0.4, -0.2) is 6.54 Å². The third-order valence-corrected chi connectivity index (χ3v) is 5.09. The molecule has 0 bridgehead atoms. The molecule has 1 fully saturated rings. The number of nitrogen functional groups attached to an aromatic ring is 1. The average Bonchev–Trinajstić information content (AvgIpc) is 3.30. The zero-order chi connectivity index (χ0) is 14.8. The van der Waals surface area contributed by atoms with Gasteiger partial charge in [-0.2, -0.15) is 5.26 Å².